The fourth-order valence-electron chi connectivity index (χ4n) is 2.71. The van der Waals surface area contributed by atoms with E-state index in [-0.39, 0.29) is 6.04 Å². The first-order chi connectivity index (χ1) is 9.52. The van der Waals surface area contributed by atoms with Crippen LogP contribution in [0.5, 0.6) is 5.75 Å². The van der Waals surface area contributed by atoms with Gasteiger partial charge in [-0.05, 0) is 57.2 Å². The van der Waals surface area contributed by atoms with Gasteiger partial charge < -0.3 is 9.84 Å². The highest BCUT2D eigenvalue weighted by Gasteiger charge is 2.31. The van der Waals surface area contributed by atoms with Gasteiger partial charge in [-0.3, -0.25) is 4.90 Å². The maximum absolute atomic E-state index is 10.6. The molecular formula is C17H27NO2. The second-order valence-corrected chi connectivity index (χ2v) is 6.19. The number of ether oxygens (including phenoxy) is 1. The summed E-state index contributed by atoms with van der Waals surface area (Å²) in [5.74, 6) is 1.66. The number of aliphatic hydroxyl groups is 1. The van der Waals surface area contributed by atoms with Gasteiger partial charge in [-0.2, -0.15) is 0 Å². The summed E-state index contributed by atoms with van der Waals surface area (Å²) in [7, 11) is 1.66. The summed E-state index contributed by atoms with van der Waals surface area (Å²) in [5.41, 5.74) is 0.958. The highest BCUT2D eigenvalue weighted by molar-refractivity contribution is 5.29. The van der Waals surface area contributed by atoms with E-state index in [1.54, 1.807) is 7.11 Å². The van der Waals surface area contributed by atoms with Crippen molar-refractivity contribution in [3.05, 3.63) is 29.8 Å². The summed E-state index contributed by atoms with van der Waals surface area (Å²) in [4.78, 5) is 2.42. The molecule has 1 N–H and O–H groups in total. The van der Waals surface area contributed by atoms with Crippen LogP contribution in [-0.2, 0) is 0 Å². The van der Waals surface area contributed by atoms with Gasteiger partial charge in [0, 0.05) is 18.6 Å². The van der Waals surface area contributed by atoms with E-state index >= 15 is 0 Å². The SMILES string of the molecule is COc1ccc(C(O)C(C)N(CC2CC2)C(C)C)cc1. The summed E-state index contributed by atoms with van der Waals surface area (Å²) in [6, 6.07) is 8.31. The van der Waals surface area contributed by atoms with Gasteiger partial charge in [0.1, 0.15) is 5.75 Å². The van der Waals surface area contributed by atoms with Crippen molar-refractivity contribution in [2.24, 2.45) is 5.92 Å². The van der Waals surface area contributed by atoms with Crippen LogP contribution in [0.1, 0.15) is 45.3 Å². The highest BCUT2D eigenvalue weighted by Crippen LogP contribution is 2.33. The third kappa shape index (κ3) is 3.74. The largest absolute Gasteiger partial charge is 0.497 e. The highest BCUT2D eigenvalue weighted by atomic mass is 16.5. The first kappa shape index (κ1) is 15.3. The molecule has 2 atom stereocenters. The van der Waals surface area contributed by atoms with E-state index in [0.717, 1.165) is 23.8 Å². The minimum Gasteiger partial charge on any atom is -0.497 e. The summed E-state index contributed by atoms with van der Waals surface area (Å²) in [6.07, 6.45) is 2.23. The average molecular weight is 277 g/mol. The van der Waals surface area contributed by atoms with E-state index in [4.69, 9.17) is 4.74 Å². The molecular weight excluding hydrogens is 250 g/mol. The van der Waals surface area contributed by atoms with Gasteiger partial charge in [0.05, 0.1) is 13.2 Å². The van der Waals surface area contributed by atoms with Crippen molar-refractivity contribution in [3.8, 4) is 5.75 Å². The monoisotopic (exact) mass is 277 g/mol. The van der Waals surface area contributed by atoms with Gasteiger partial charge >= 0.3 is 0 Å². The normalized spacial score (nSPS) is 18.4. The van der Waals surface area contributed by atoms with E-state index in [2.05, 4.69) is 25.7 Å². The van der Waals surface area contributed by atoms with Crippen LogP contribution in [0, 0.1) is 5.92 Å². The van der Waals surface area contributed by atoms with Crippen LogP contribution in [-0.4, -0.2) is 35.7 Å². The molecule has 1 aliphatic rings. The van der Waals surface area contributed by atoms with Crippen molar-refractivity contribution in [1.29, 1.82) is 0 Å². The molecule has 1 aromatic carbocycles. The Morgan fingerprint density at radius 2 is 1.80 bits per heavy atom. The molecule has 112 valence electrons. The maximum Gasteiger partial charge on any atom is 0.118 e. The third-order valence-corrected chi connectivity index (χ3v) is 4.27. The first-order valence-electron chi connectivity index (χ1n) is 7.60. The molecule has 0 amide bonds. The van der Waals surface area contributed by atoms with Crippen molar-refractivity contribution < 1.29 is 9.84 Å². The molecule has 0 radical (unpaired) electrons. The standard InChI is InChI=1S/C17H27NO2/c1-12(2)18(11-14-5-6-14)13(3)17(19)15-7-9-16(20-4)10-8-15/h7-10,12-14,17,19H,5-6,11H2,1-4H3. The van der Waals surface area contributed by atoms with Gasteiger partial charge in [0.25, 0.3) is 0 Å². The van der Waals surface area contributed by atoms with Crippen molar-refractivity contribution in [3.63, 3.8) is 0 Å². The third-order valence-electron chi connectivity index (χ3n) is 4.27. The van der Waals surface area contributed by atoms with Crippen LogP contribution in [0.2, 0.25) is 0 Å². The van der Waals surface area contributed by atoms with Crippen molar-refractivity contribution in [2.45, 2.75) is 51.8 Å². The Balaban J connectivity index is 2.05. The van der Waals surface area contributed by atoms with Gasteiger partial charge in [-0.25, -0.2) is 0 Å². The molecule has 0 spiro atoms. The zero-order valence-electron chi connectivity index (χ0n) is 13.0. The van der Waals surface area contributed by atoms with Crippen LogP contribution in [0.15, 0.2) is 24.3 Å². The van der Waals surface area contributed by atoms with Crippen LogP contribution >= 0.6 is 0 Å². The van der Waals surface area contributed by atoms with Crippen LogP contribution < -0.4 is 4.74 Å². The molecule has 1 fully saturated rings. The van der Waals surface area contributed by atoms with Crippen molar-refractivity contribution in [1.82, 2.24) is 4.90 Å². The van der Waals surface area contributed by atoms with Crippen molar-refractivity contribution >= 4 is 0 Å². The molecule has 3 nitrogen and oxygen atoms in total. The fourth-order valence-corrected chi connectivity index (χ4v) is 2.71. The second kappa shape index (κ2) is 6.59. The Morgan fingerprint density at radius 1 is 1.20 bits per heavy atom. The molecule has 0 saturated heterocycles. The molecule has 3 heteroatoms. The number of aliphatic hydroxyl groups excluding tert-OH is 1. The second-order valence-electron chi connectivity index (χ2n) is 6.19. The lowest BCUT2D eigenvalue weighted by Crippen LogP contribution is -2.43. The Bertz CT molecular complexity index is 412. The van der Waals surface area contributed by atoms with Crippen LogP contribution in [0.3, 0.4) is 0 Å². The molecule has 1 aliphatic carbocycles. The maximum atomic E-state index is 10.6. The predicted octanol–water partition coefficient (Wildman–Crippen LogP) is 3.24. The van der Waals surface area contributed by atoms with E-state index < -0.39 is 6.10 Å². The molecule has 0 bridgehead atoms. The van der Waals surface area contributed by atoms with Crippen LogP contribution in [0.4, 0.5) is 0 Å². The van der Waals surface area contributed by atoms with Crippen LogP contribution in [0.25, 0.3) is 0 Å². The van der Waals surface area contributed by atoms with Gasteiger partial charge in [-0.15, -0.1) is 0 Å². The number of methoxy groups -OCH3 is 1. The number of rotatable bonds is 7. The lowest BCUT2D eigenvalue weighted by molar-refractivity contribution is 0.0372. The summed E-state index contributed by atoms with van der Waals surface area (Å²) >= 11 is 0. The summed E-state index contributed by atoms with van der Waals surface area (Å²) < 4.78 is 5.16. The zero-order valence-corrected chi connectivity index (χ0v) is 13.0. The van der Waals surface area contributed by atoms with E-state index in [9.17, 15) is 5.11 Å². The van der Waals surface area contributed by atoms with E-state index in [0.29, 0.717) is 6.04 Å². The minimum atomic E-state index is -0.456. The fraction of sp³-hybridized carbons (Fsp3) is 0.647. The molecule has 0 aliphatic heterocycles. The number of nitrogens with zero attached hydrogens (tertiary/aromatic N) is 1. The average Bonchev–Trinajstić information content (AvgIpc) is 3.27. The van der Waals surface area contributed by atoms with Gasteiger partial charge in [-0.1, -0.05) is 12.1 Å². The molecule has 1 aromatic rings. The first-order valence-corrected chi connectivity index (χ1v) is 7.60. The number of hydrogen-bond acceptors (Lipinski definition) is 3. The molecule has 2 rings (SSSR count). The molecule has 0 heterocycles. The Morgan fingerprint density at radius 3 is 2.25 bits per heavy atom. The predicted molar refractivity (Wildman–Crippen MR) is 82.0 cm³/mol. The molecule has 2 unspecified atom stereocenters. The van der Waals surface area contributed by atoms with E-state index in [1.165, 1.54) is 12.8 Å². The van der Waals surface area contributed by atoms with Gasteiger partial charge in [0.15, 0.2) is 0 Å². The topological polar surface area (TPSA) is 32.7 Å². The quantitative estimate of drug-likeness (QED) is 0.830. The summed E-state index contributed by atoms with van der Waals surface area (Å²) in [6.45, 7) is 7.64. The number of benzene rings is 1. The Hall–Kier alpha value is -1.06. The van der Waals surface area contributed by atoms with Crippen molar-refractivity contribution in [2.75, 3.05) is 13.7 Å². The summed E-state index contributed by atoms with van der Waals surface area (Å²) in [5, 5.41) is 10.6. The Labute approximate surface area is 122 Å². The Kier molecular flexibility index (Phi) is 5.06. The molecule has 1 saturated carbocycles. The minimum absolute atomic E-state index is 0.129. The lowest BCUT2D eigenvalue weighted by atomic mass is 10.0. The smallest absolute Gasteiger partial charge is 0.118 e. The van der Waals surface area contributed by atoms with Gasteiger partial charge in [0.2, 0.25) is 0 Å². The molecule has 20 heavy (non-hydrogen) atoms. The lowest BCUT2D eigenvalue weighted by Gasteiger charge is -2.35. The molecule has 0 aromatic heterocycles. The number of hydrogen-bond donors (Lipinski definition) is 1. The zero-order chi connectivity index (χ0) is 14.7. The van der Waals surface area contributed by atoms with E-state index in [1.807, 2.05) is 24.3 Å².